The van der Waals surface area contributed by atoms with Crippen molar-refractivity contribution in [3.8, 4) is 6.07 Å². The summed E-state index contributed by atoms with van der Waals surface area (Å²) in [5.41, 5.74) is 2.04. The van der Waals surface area contributed by atoms with Crippen molar-refractivity contribution in [3.63, 3.8) is 0 Å². The Hall–Kier alpha value is -2.93. The molecule has 0 saturated heterocycles. The highest BCUT2D eigenvalue weighted by molar-refractivity contribution is 5.96. The summed E-state index contributed by atoms with van der Waals surface area (Å²) in [4.78, 5) is 18.1. The Bertz CT molecular complexity index is 716. The van der Waals surface area contributed by atoms with Crippen LogP contribution in [0.5, 0.6) is 0 Å². The van der Waals surface area contributed by atoms with Gasteiger partial charge in [0.1, 0.15) is 0 Å². The fourth-order valence-corrected chi connectivity index (χ4v) is 2.22. The zero-order valence-electron chi connectivity index (χ0n) is 10.6. The fourth-order valence-electron chi connectivity index (χ4n) is 2.22. The lowest BCUT2D eigenvalue weighted by atomic mass is 10.0. The van der Waals surface area contributed by atoms with Crippen molar-refractivity contribution >= 4 is 12.0 Å². The van der Waals surface area contributed by atoms with E-state index in [1.807, 2.05) is 18.2 Å². The average Bonchev–Trinajstić information content (AvgIpc) is 2.54. The Morgan fingerprint density at radius 2 is 2.00 bits per heavy atom. The summed E-state index contributed by atoms with van der Waals surface area (Å²) in [5, 5.41) is 9.39. The quantitative estimate of drug-likeness (QED) is 0.793. The van der Waals surface area contributed by atoms with Crippen LogP contribution >= 0.6 is 0 Å². The lowest BCUT2D eigenvalue weighted by Gasteiger charge is -2.27. The molecule has 1 unspecified atom stereocenters. The van der Waals surface area contributed by atoms with Crippen LogP contribution in [0.4, 0.5) is 0 Å². The van der Waals surface area contributed by atoms with E-state index in [0.29, 0.717) is 11.3 Å². The molecule has 1 aromatic carbocycles. The third kappa shape index (κ3) is 1.95. The van der Waals surface area contributed by atoms with Crippen LogP contribution in [0.2, 0.25) is 0 Å². The van der Waals surface area contributed by atoms with E-state index in [1.165, 1.54) is 4.90 Å². The molecule has 2 heterocycles. The maximum absolute atomic E-state index is 12.5. The van der Waals surface area contributed by atoms with Crippen molar-refractivity contribution in [1.29, 1.82) is 5.26 Å². The molecule has 4 heteroatoms. The highest BCUT2D eigenvalue weighted by atomic mass is 16.2. The minimum absolute atomic E-state index is 0.204. The first-order valence-corrected chi connectivity index (χ1v) is 6.21. The highest BCUT2D eigenvalue weighted by Gasteiger charge is 2.29. The van der Waals surface area contributed by atoms with Crippen molar-refractivity contribution in [2.24, 2.45) is 0 Å². The number of carbonyl (C=O) groups excluding carboxylic acids is 1. The van der Waals surface area contributed by atoms with Crippen LogP contribution in [0.15, 0.2) is 54.9 Å². The van der Waals surface area contributed by atoms with Gasteiger partial charge in [-0.1, -0.05) is 24.3 Å². The van der Waals surface area contributed by atoms with E-state index in [9.17, 15) is 10.1 Å². The number of rotatable bonds is 1. The number of fused-ring (bicyclic) bond motifs is 1. The highest BCUT2D eigenvalue weighted by Crippen LogP contribution is 2.29. The maximum atomic E-state index is 12.5. The average molecular weight is 261 g/mol. The topological polar surface area (TPSA) is 57.0 Å². The minimum atomic E-state index is -0.691. The van der Waals surface area contributed by atoms with E-state index in [1.54, 1.807) is 42.7 Å². The number of carbonyl (C=O) groups is 1. The minimum Gasteiger partial charge on any atom is -0.293 e. The molecule has 96 valence electrons. The summed E-state index contributed by atoms with van der Waals surface area (Å²) in [6, 6.07) is 14.1. The number of pyridine rings is 1. The predicted molar refractivity (Wildman–Crippen MR) is 74.2 cm³/mol. The second-order valence-corrected chi connectivity index (χ2v) is 4.40. The summed E-state index contributed by atoms with van der Waals surface area (Å²) >= 11 is 0. The molecular formula is C16H11N3O. The van der Waals surface area contributed by atoms with Gasteiger partial charge in [-0.05, 0) is 24.3 Å². The molecule has 20 heavy (non-hydrogen) atoms. The monoisotopic (exact) mass is 261 g/mol. The lowest BCUT2D eigenvalue weighted by molar-refractivity contribution is 0.0792. The van der Waals surface area contributed by atoms with Crippen LogP contribution in [0.1, 0.15) is 27.7 Å². The van der Waals surface area contributed by atoms with Gasteiger partial charge in [0.2, 0.25) is 0 Å². The zero-order chi connectivity index (χ0) is 13.9. The Labute approximate surface area is 116 Å². The third-order valence-corrected chi connectivity index (χ3v) is 3.20. The fraction of sp³-hybridized carbons (Fsp3) is 0.0625. The van der Waals surface area contributed by atoms with Gasteiger partial charge in [-0.2, -0.15) is 5.26 Å². The Morgan fingerprint density at radius 3 is 2.75 bits per heavy atom. The molecule has 0 bridgehead atoms. The standard InChI is InChI=1S/C16H11N3O/c17-11-14-15-12(7-4-9-18-15)8-10-19(14)16(20)13-5-2-1-3-6-13/h1-10,14H. The number of benzene rings is 1. The van der Waals surface area contributed by atoms with E-state index < -0.39 is 6.04 Å². The van der Waals surface area contributed by atoms with Gasteiger partial charge in [-0.3, -0.25) is 14.7 Å². The molecule has 1 amide bonds. The van der Waals surface area contributed by atoms with Crippen molar-refractivity contribution < 1.29 is 4.79 Å². The van der Waals surface area contributed by atoms with Gasteiger partial charge in [-0.25, -0.2) is 0 Å². The van der Waals surface area contributed by atoms with Crippen molar-refractivity contribution in [2.75, 3.05) is 0 Å². The van der Waals surface area contributed by atoms with Crippen LogP contribution in [0.3, 0.4) is 0 Å². The van der Waals surface area contributed by atoms with Crippen LogP contribution in [0, 0.1) is 11.3 Å². The summed E-state index contributed by atoms with van der Waals surface area (Å²) in [7, 11) is 0. The number of aromatic nitrogens is 1. The molecule has 1 aliphatic heterocycles. The molecule has 0 fully saturated rings. The number of hydrogen-bond donors (Lipinski definition) is 0. The third-order valence-electron chi connectivity index (χ3n) is 3.20. The molecule has 0 saturated carbocycles. The normalized spacial score (nSPS) is 16.4. The Kier molecular flexibility index (Phi) is 3.02. The number of nitrogens with zero attached hydrogens (tertiary/aromatic N) is 3. The summed E-state index contributed by atoms with van der Waals surface area (Å²) in [5.74, 6) is -0.204. The van der Waals surface area contributed by atoms with Gasteiger partial charge < -0.3 is 0 Å². The predicted octanol–water partition coefficient (Wildman–Crippen LogP) is 2.77. The molecule has 1 aliphatic rings. The van der Waals surface area contributed by atoms with Gasteiger partial charge in [0.05, 0.1) is 11.8 Å². The first-order chi connectivity index (χ1) is 9.81. The van der Waals surface area contributed by atoms with Crippen LogP contribution in [-0.2, 0) is 0 Å². The van der Waals surface area contributed by atoms with Gasteiger partial charge in [-0.15, -0.1) is 0 Å². The van der Waals surface area contributed by atoms with Gasteiger partial charge in [0, 0.05) is 23.5 Å². The summed E-state index contributed by atoms with van der Waals surface area (Å²) in [6.45, 7) is 0. The Balaban J connectivity index is 2.01. The number of nitriles is 1. The van der Waals surface area contributed by atoms with E-state index in [0.717, 1.165) is 5.56 Å². The van der Waals surface area contributed by atoms with Crippen molar-refractivity contribution in [3.05, 3.63) is 71.7 Å². The molecule has 1 aromatic heterocycles. The van der Waals surface area contributed by atoms with Gasteiger partial charge in [0.15, 0.2) is 6.04 Å². The second-order valence-electron chi connectivity index (χ2n) is 4.40. The molecule has 0 aliphatic carbocycles. The van der Waals surface area contributed by atoms with E-state index in [-0.39, 0.29) is 5.91 Å². The largest absolute Gasteiger partial charge is 0.293 e. The van der Waals surface area contributed by atoms with Crippen LogP contribution in [-0.4, -0.2) is 15.8 Å². The summed E-state index contributed by atoms with van der Waals surface area (Å²) < 4.78 is 0. The molecule has 3 rings (SSSR count). The summed E-state index contributed by atoms with van der Waals surface area (Å²) in [6.07, 6.45) is 5.08. The molecule has 1 atom stereocenters. The number of amides is 1. The molecular weight excluding hydrogens is 250 g/mol. The molecule has 0 radical (unpaired) electrons. The Morgan fingerprint density at radius 1 is 1.20 bits per heavy atom. The van der Waals surface area contributed by atoms with E-state index in [4.69, 9.17) is 0 Å². The molecule has 4 nitrogen and oxygen atoms in total. The van der Waals surface area contributed by atoms with E-state index in [2.05, 4.69) is 11.1 Å². The maximum Gasteiger partial charge on any atom is 0.259 e. The van der Waals surface area contributed by atoms with Gasteiger partial charge in [0.25, 0.3) is 5.91 Å². The van der Waals surface area contributed by atoms with Crippen LogP contribution < -0.4 is 0 Å². The second kappa shape index (κ2) is 4.98. The first-order valence-electron chi connectivity index (χ1n) is 6.21. The van der Waals surface area contributed by atoms with Gasteiger partial charge >= 0.3 is 0 Å². The zero-order valence-corrected chi connectivity index (χ0v) is 10.6. The first kappa shape index (κ1) is 12.1. The smallest absolute Gasteiger partial charge is 0.259 e. The molecule has 0 spiro atoms. The molecule has 2 aromatic rings. The van der Waals surface area contributed by atoms with E-state index >= 15 is 0 Å². The van der Waals surface area contributed by atoms with Crippen LogP contribution in [0.25, 0.3) is 6.08 Å². The SMILES string of the molecule is N#CC1c2ncccc2C=CN1C(=O)c1ccccc1. The lowest BCUT2D eigenvalue weighted by Crippen LogP contribution is -2.32. The molecule has 0 N–H and O–H groups in total. The van der Waals surface area contributed by atoms with Crippen molar-refractivity contribution in [1.82, 2.24) is 9.88 Å². The van der Waals surface area contributed by atoms with Crippen molar-refractivity contribution in [2.45, 2.75) is 6.04 Å². The number of hydrogen-bond acceptors (Lipinski definition) is 3.